The third kappa shape index (κ3) is 14.6. The number of carbonyl (C=O) groups excluding carboxylic acids is 1. The predicted molar refractivity (Wildman–Crippen MR) is 139 cm³/mol. The van der Waals surface area contributed by atoms with E-state index in [-0.39, 0.29) is 11.4 Å². The van der Waals surface area contributed by atoms with Gasteiger partial charge < -0.3 is 4.74 Å². The van der Waals surface area contributed by atoms with Crippen molar-refractivity contribution in [2.75, 3.05) is 0 Å². The second-order valence-corrected chi connectivity index (χ2v) is 9.37. The summed E-state index contributed by atoms with van der Waals surface area (Å²) in [6, 6.07) is 7.68. The Morgan fingerprint density at radius 2 is 1.28 bits per heavy atom. The normalized spacial score (nSPS) is 12.6. The van der Waals surface area contributed by atoms with Crippen molar-refractivity contribution in [3.8, 4) is 5.75 Å². The molecule has 0 heterocycles. The van der Waals surface area contributed by atoms with Gasteiger partial charge in [-0.25, -0.2) is 4.79 Å². The van der Waals surface area contributed by atoms with Gasteiger partial charge in [0.25, 0.3) is 0 Å². The molecule has 32 heavy (non-hydrogen) atoms. The Morgan fingerprint density at radius 1 is 0.750 bits per heavy atom. The van der Waals surface area contributed by atoms with Crippen LogP contribution in [0.1, 0.15) is 97.5 Å². The number of ether oxygens (including phenoxy) is 1. The Balaban J connectivity index is 2.11. The van der Waals surface area contributed by atoms with Crippen LogP contribution < -0.4 is 4.74 Å². The van der Waals surface area contributed by atoms with Gasteiger partial charge in [-0.3, -0.25) is 0 Å². The van der Waals surface area contributed by atoms with Gasteiger partial charge in [0, 0.05) is 6.08 Å². The summed E-state index contributed by atoms with van der Waals surface area (Å²) >= 11 is 0. The van der Waals surface area contributed by atoms with Crippen LogP contribution in [-0.2, 0) is 10.2 Å². The van der Waals surface area contributed by atoms with Crippen LogP contribution in [0.4, 0.5) is 0 Å². The fourth-order valence-electron chi connectivity index (χ4n) is 3.31. The summed E-state index contributed by atoms with van der Waals surface area (Å²) in [5.74, 6) is 0.191. The van der Waals surface area contributed by atoms with Crippen molar-refractivity contribution in [3.63, 3.8) is 0 Å². The fraction of sp³-hybridized carbons (Fsp3) is 0.500. The highest BCUT2D eigenvalue weighted by atomic mass is 16.5. The van der Waals surface area contributed by atoms with Crippen LogP contribution in [-0.4, -0.2) is 5.97 Å². The van der Waals surface area contributed by atoms with E-state index in [0.29, 0.717) is 5.75 Å². The van der Waals surface area contributed by atoms with Gasteiger partial charge in [0.15, 0.2) is 0 Å². The molecule has 0 unspecified atom stereocenters. The number of hydrogen-bond donors (Lipinski definition) is 0. The van der Waals surface area contributed by atoms with Gasteiger partial charge in [0.05, 0.1) is 0 Å². The smallest absolute Gasteiger partial charge is 0.336 e. The summed E-state index contributed by atoms with van der Waals surface area (Å²) < 4.78 is 5.32. The molecule has 0 radical (unpaired) electrons. The van der Waals surface area contributed by atoms with Crippen LogP contribution in [0.25, 0.3) is 0 Å². The molecule has 0 spiro atoms. The van der Waals surface area contributed by atoms with Gasteiger partial charge in [0.1, 0.15) is 5.75 Å². The molecule has 0 fully saturated rings. The van der Waals surface area contributed by atoms with Crippen LogP contribution in [0.3, 0.4) is 0 Å². The number of allylic oxidation sites excluding steroid dienone is 7. The van der Waals surface area contributed by atoms with E-state index in [4.69, 9.17) is 4.74 Å². The number of esters is 1. The molecule has 0 bridgehead atoms. The van der Waals surface area contributed by atoms with Gasteiger partial charge in [-0.2, -0.15) is 0 Å². The first kappa shape index (κ1) is 27.7. The molecule has 1 rings (SSSR count). The van der Waals surface area contributed by atoms with Gasteiger partial charge in [-0.1, -0.05) is 134 Å². The average molecular weight is 437 g/mol. The first-order chi connectivity index (χ1) is 15.4. The standard InChI is InChI=1S/C30H44O2/c1-5-6-7-8-9-10-11-12-13-14-15-16-17-18-19-20-21-22-29(31)32-28-25-23-27(24-26-28)30(2,3)4/h15-26H,5-14H2,1-4H3/b16-15-,18-17+,20-19-,22-21+. The molecule has 1 aromatic carbocycles. The molecule has 2 nitrogen and oxygen atoms in total. The zero-order valence-electron chi connectivity index (χ0n) is 20.8. The molecule has 0 aromatic heterocycles. The third-order valence-electron chi connectivity index (χ3n) is 5.34. The summed E-state index contributed by atoms with van der Waals surface area (Å²) in [7, 11) is 0. The van der Waals surface area contributed by atoms with Crippen molar-refractivity contribution in [2.24, 2.45) is 0 Å². The molecule has 0 aliphatic rings. The van der Waals surface area contributed by atoms with E-state index in [0.717, 1.165) is 6.42 Å². The number of carbonyl (C=O) groups is 1. The molecule has 0 saturated heterocycles. The highest BCUT2D eigenvalue weighted by Crippen LogP contribution is 2.24. The molecule has 0 aliphatic carbocycles. The largest absolute Gasteiger partial charge is 0.423 e. The monoisotopic (exact) mass is 436 g/mol. The van der Waals surface area contributed by atoms with E-state index in [1.54, 1.807) is 6.08 Å². The average Bonchev–Trinajstić information content (AvgIpc) is 2.75. The van der Waals surface area contributed by atoms with Gasteiger partial charge in [-0.05, 0) is 36.0 Å². The highest BCUT2D eigenvalue weighted by Gasteiger charge is 2.13. The van der Waals surface area contributed by atoms with Gasteiger partial charge >= 0.3 is 5.97 Å². The number of hydrogen-bond acceptors (Lipinski definition) is 2. The highest BCUT2D eigenvalue weighted by molar-refractivity contribution is 5.84. The maximum absolute atomic E-state index is 11.9. The van der Waals surface area contributed by atoms with Gasteiger partial charge in [-0.15, -0.1) is 0 Å². The van der Waals surface area contributed by atoms with Crippen molar-refractivity contribution < 1.29 is 9.53 Å². The Labute approximate surface area is 197 Å². The van der Waals surface area contributed by atoms with Crippen LogP contribution in [0, 0.1) is 0 Å². The summed E-state index contributed by atoms with van der Waals surface area (Å²) in [5.41, 5.74) is 1.30. The molecule has 176 valence electrons. The van der Waals surface area contributed by atoms with Crippen molar-refractivity contribution >= 4 is 5.97 Å². The lowest BCUT2D eigenvalue weighted by Crippen LogP contribution is -2.11. The maximum Gasteiger partial charge on any atom is 0.336 e. The SMILES string of the molecule is CCCCCCCCCCC\C=C/C=C/C=C\C=C\C(=O)Oc1ccc(C(C)(C)C)cc1. The van der Waals surface area contributed by atoms with E-state index in [2.05, 4.69) is 39.8 Å². The van der Waals surface area contributed by atoms with E-state index >= 15 is 0 Å². The molecule has 0 saturated carbocycles. The van der Waals surface area contributed by atoms with E-state index in [1.807, 2.05) is 48.6 Å². The predicted octanol–water partition coefficient (Wildman–Crippen LogP) is 9.04. The Morgan fingerprint density at radius 3 is 1.88 bits per heavy atom. The number of unbranched alkanes of at least 4 members (excludes halogenated alkanes) is 9. The van der Waals surface area contributed by atoms with E-state index in [1.165, 1.54) is 69.4 Å². The number of rotatable bonds is 15. The molecule has 0 atom stereocenters. The summed E-state index contributed by atoms with van der Waals surface area (Å²) in [6.45, 7) is 8.74. The second-order valence-electron chi connectivity index (χ2n) is 9.37. The molecular formula is C30H44O2. The van der Waals surface area contributed by atoms with Crippen LogP contribution in [0.5, 0.6) is 5.75 Å². The lowest BCUT2D eigenvalue weighted by atomic mass is 9.87. The number of benzene rings is 1. The second kappa shape index (κ2) is 17.2. The Hall–Kier alpha value is -2.35. The molecule has 2 heteroatoms. The van der Waals surface area contributed by atoms with Crippen molar-refractivity contribution in [1.82, 2.24) is 0 Å². The topological polar surface area (TPSA) is 26.3 Å². The van der Waals surface area contributed by atoms with Gasteiger partial charge in [0.2, 0.25) is 0 Å². The minimum absolute atomic E-state index is 0.0865. The van der Waals surface area contributed by atoms with Crippen LogP contribution in [0.2, 0.25) is 0 Å². The van der Waals surface area contributed by atoms with Crippen molar-refractivity contribution in [2.45, 2.75) is 97.3 Å². The zero-order chi connectivity index (χ0) is 23.5. The fourth-order valence-corrected chi connectivity index (χ4v) is 3.31. The maximum atomic E-state index is 11.9. The summed E-state index contributed by atoms with van der Waals surface area (Å²) in [4.78, 5) is 11.9. The lowest BCUT2D eigenvalue weighted by molar-refractivity contribution is -0.128. The van der Waals surface area contributed by atoms with E-state index < -0.39 is 0 Å². The zero-order valence-corrected chi connectivity index (χ0v) is 20.8. The summed E-state index contributed by atoms with van der Waals surface area (Å²) in [5, 5.41) is 0. The molecule has 0 amide bonds. The van der Waals surface area contributed by atoms with Crippen LogP contribution in [0.15, 0.2) is 72.9 Å². The van der Waals surface area contributed by atoms with Crippen LogP contribution >= 0.6 is 0 Å². The van der Waals surface area contributed by atoms with Crippen molar-refractivity contribution in [3.05, 3.63) is 78.4 Å². The minimum Gasteiger partial charge on any atom is -0.423 e. The van der Waals surface area contributed by atoms with E-state index in [9.17, 15) is 4.79 Å². The Bertz CT molecular complexity index is 727. The summed E-state index contributed by atoms with van der Waals surface area (Å²) in [6.07, 6.45) is 28.6. The quantitative estimate of drug-likeness (QED) is 0.0901. The molecule has 0 aliphatic heterocycles. The first-order valence-corrected chi connectivity index (χ1v) is 12.4. The Kier molecular flexibility index (Phi) is 14.9. The minimum atomic E-state index is -0.372. The lowest BCUT2D eigenvalue weighted by Gasteiger charge is -2.18. The first-order valence-electron chi connectivity index (χ1n) is 12.4. The third-order valence-corrected chi connectivity index (χ3v) is 5.34. The molecule has 0 N–H and O–H groups in total. The van der Waals surface area contributed by atoms with Crippen molar-refractivity contribution in [1.29, 1.82) is 0 Å². The molecular weight excluding hydrogens is 392 g/mol. The molecule has 1 aromatic rings.